The van der Waals surface area contributed by atoms with Crippen molar-refractivity contribution in [1.29, 1.82) is 0 Å². The van der Waals surface area contributed by atoms with Gasteiger partial charge in [-0.2, -0.15) is 0 Å². The molecule has 0 bridgehead atoms. The summed E-state index contributed by atoms with van der Waals surface area (Å²) in [6.07, 6.45) is 1.22. The number of hydrogen-bond donors (Lipinski definition) is 1. The zero-order chi connectivity index (χ0) is 14.3. The molecule has 0 amide bonds. The van der Waals surface area contributed by atoms with Crippen LogP contribution in [-0.4, -0.2) is 60.0 Å². The molecular formula is C13H22N2O3S. The molecule has 6 heteroatoms. The van der Waals surface area contributed by atoms with E-state index in [-0.39, 0.29) is 0 Å². The van der Waals surface area contributed by atoms with Gasteiger partial charge in [0.1, 0.15) is 0 Å². The van der Waals surface area contributed by atoms with Crippen molar-refractivity contribution in [2.75, 3.05) is 52.0 Å². The van der Waals surface area contributed by atoms with E-state index in [1.807, 2.05) is 13.1 Å². The van der Waals surface area contributed by atoms with E-state index in [4.69, 9.17) is 4.74 Å². The van der Waals surface area contributed by atoms with Crippen molar-refractivity contribution in [3.8, 4) is 0 Å². The van der Waals surface area contributed by atoms with Crippen LogP contribution in [0, 0.1) is 0 Å². The first-order valence-electron chi connectivity index (χ1n) is 6.15. The van der Waals surface area contributed by atoms with Crippen molar-refractivity contribution in [2.45, 2.75) is 4.90 Å². The molecule has 5 nitrogen and oxygen atoms in total. The van der Waals surface area contributed by atoms with Gasteiger partial charge in [0.25, 0.3) is 0 Å². The SMILES string of the molecule is COCCN(C)CCNc1ccccc1S(C)(=O)=O. The number of nitrogens with zero attached hydrogens (tertiary/aromatic N) is 1. The fourth-order valence-corrected chi connectivity index (χ4v) is 2.54. The molecule has 0 radical (unpaired) electrons. The van der Waals surface area contributed by atoms with Crippen LogP contribution < -0.4 is 5.32 Å². The number of hydrogen-bond acceptors (Lipinski definition) is 5. The third kappa shape index (κ3) is 5.59. The maximum atomic E-state index is 11.6. The Hall–Kier alpha value is -1.11. The van der Waals surface area contributed by atoms with E-state index < -0.39 is 9.84 Å². The van der Waals surface area contributed by atoms with Crippen molar-refractivity contribution in [3.05, 3.63) is 24.3 Å². The Labute approximate surface area is 115 Å². The van der Waals surface area contributed by atoms with Crippen molar-refractivity contribution in [3.63, 3.8) is 0 Å². The largest absolute Gasteiger partial charge is 0.383 e. The van der Waals surface area contributed by atoms with Gasteiger partial charge in [0, 0.05) is 33.0 Å². The van der Waals surface area contributed by atoms with Crippen LogP contribution in [0.4, 0.5) is 5.69 Å². The third-order valence-electron chi connectivity index (χ3n) is 2.77. The first-order valence-corrected chi connectivity index (χ1v) is 8.04. The molecule has 0 unspecified atom stereocenters. The summed E-state index contributed by atoms with van der Waals surface area (Å²) in [5.41, 5.74) is 0.658. The topological polar surface area (TPSA) is 58.6 Å². The molecule has 0 spiro atoms. The molecule has 0 atom stereocenters. The smallest absolute Gasteiger partial charge is 0.177 e. The quantitative estimate of drug-likeness (QED) is 0.775. The minimum Gasteiger partial charge on any atom is -0.383 e. The molecule has 1 aromatic rings. The molecule has 1 aromatic carbocycles. The normalized spacial score (nSPS) is 11.8. The molecule has 0 aliphatic carbocycles. The molecular weight excluding hydrogens is 264 g/mol. The molecule has 0 aromatic heterocycles. The van der Waals surface area contributed by atoms with Crippen LogP contribution in [0.3, 0.4) is 0 Å². The van der Waals surface area contributed by atoms with Crippen LogP contribution in [0.5, 0.6) is 0 Å². The average molecular weight is 286 g/mol. The van der Waals surface area contributed by atoms with Gasteiger partial charge in [-0.15, -0.1) is 0 Å². The maximum absolute atomic E-state index is 11.6. The van der Waals surface area contributed by atoms with E-state index in [0.29, 0.717) is 23.7 Å². The summed E-state index contributed by atoms with van der Waals surface area (Å²) in [6.45, 7) is 3.05. The summed E-state index contributed by atoms with van der Waals surface area (Å²) in [5.74, 6) is 0. The van der Waals surface area contributed by atoms with Gasteiger partial charge in [-0.3, -0.25) is 0 Å². The molecule has 0 aliphatic heterocycles. The van der Waals surface area contributed by atoms with E-state index in [9.17, 15) is 8.42 Å². The number of anilines is 1. The highest BCUT2D eigenvalue weighted by Gasteiger charge is 2.11. The minimum atomic E-state index is -3.19. The summed E-state index contributed by atoms with van der Waals surface area (Å²) < 4.78 is 28.2. The van der Waals surface area contributed by atoms with Crippen LogP contribution in [0.2, 0.25) is 0 Å². The highest BCUT2D eigenvalue weighted by atomic mass is 32.2. The number of likely N-dealkylation sites (N-methyl/N-ethyl adjacent to an activating group) is 1. The fourth-order valence-electron chi connectivity index (χ4n) is 1.68. The predicted octanol–water partition coefficient (Wildman–Crippen LogP) is 1.08. The van der Waals surface area contributed by atoms with Crippen molar-refractivity contribution >= 4 is 15.5 Å². The number of ether oxygens (including phenoxy) is 1. The van der Waals surface area contributed by atoms with Gasteiger partial charge in [0.15, 0.2) is 9.84 Å². The monoisotopic (exact) mass is 286 g/mol. The summed E-state index contributed by atoms with van der Waals surface area (Å²) in [5, 5.41) is 3.17. The second-order valence-corrected chi connectivity index (χ2v) is 6.48. The lowest BCUT2D eigenvalue weighted by Crippen LogP contribution is -2.28. The van der Waals surface area contributed by atoms with Crippen molar-refractivity contribution in [2.24, 2.45) is 0 Å². The lowest BCUT2D eigenvalue weighted by molar-refractivity contribution is 0.163. The molecule has 0 aliphatic rings. The number of sulfone groups is 1. The summed E-state index contributed by atoms with van der Waals surface area (Å²) in [7, 11) is 0.484. The van der Waals surface area contributed by atoms with Crippen LogP contribution in [-0.2, 0) is 14.6 Å². The van der Waals surface area contributed by atoms with Gasteiger partial charge in [0.05, 0.1) is 17.2 Å². The first kappa shape index (κ1) is 15.9. The third-order valence-corrected chi connectivity index (χ3v) is 3.93. The molecule has 0 saturated carbocycles. The van der Waals surface area contributed by atoms with Gasteiger partial charge in [-0.05, 0) is 19.2 Å². The zero-order valence-electron chi connectivity index (χ0n) is 11.7. The molecule has 0 heterocycles. The van der Waals surface area contributed by atoms with Crippen LogP contribution in [0.25, 0.3) is 0 Å². The Morgan fingerprint density at radius 1 is 1.26 bits per heavy atom. The summed E-state index contributed by atoms with van der Waals surface area (Å²) in [6, 6.07) is 6.95. The summed E-state index contributed by atoms with van der Waals surface area (Å²) >= 11 is 0. The Bertz CT molecular complexity index is 488. The second-order valence-electron chi connectivity index (χ2n) is 4.49. The Kier molecular flexibility index (Phi) is 6.27. The molecule has 19 heavy (non-hydrogen) atoms. The molecule has 0 saturated heterocycles. The van der Waals surface area contributed by atoms with Crippen LogP contribution in [0.1, 0.15) is 0 Å². The van der Waals surface area contributed by atoms with Crippen LogP contribution >= 0.6 is 0 Å². The zero-order valence-corrected chi connectivity index (χ0v) is 12.5. The van der Waals surface area contributed by atoms with Gasteiger partial charge < -0.3 is 15.0 Å². The van der Waals surface area contributed by atoms with Gasteiger partial charge in [-0.1, -0.05) is 12.1 Å². The Morgan fingerprint density at radius 3 is 2.58 bits per heavy atom. The highest BCUT2D eigenvalue weighted by molar-refractivity contribution is 7.90. The lowest BCUT2D eigenvalue weighted by atomic mass is 10.3. The van der Waals surface area contributed by atoms with E-state index >= 15 is 0 Å². The molecule has 108 valence electrons. The molecule has 1 N–H and O–H groups in total. The fraction of sp³-hybridized carbons (Fsp3) is 0.538. The van der Waals surface area contributed by atoms with E-state index in [2.05, 4.69) is 10.2 Å². The summed E-state index contributed by atoms with van der Waals surface area (Å²) in [4.78, 5) is 2.47. The second kappa shape index (κ2) is 7.47. The predicted molar refractivity (Wildman–Crippen MR) is 77.4 cm³/mol. The Morgan fingerprint density at radius 2 is 1.95 bits per heavy atom. The number of para-hydroxylation sites is 1. The van der Waals surface area contributed by atoms with Crippen LogP contribution in [0.15, 0.2) is 29.2 Å². The highest BCUT2D eigenvalue weighted by Crippen LogP contribution is 2.20. The molecule has 1 rings (SSSR count). The molecule has 0 fully saturated rings. The Balaban J connectivity index is 2.55. The minimum absolute atomic E-state index is 0.342. The van der Waals surface area contributed by atoms with Gasteiger partial charge in [-0.25, -0.2) is 8.42 Å². The standard InChI is InChI=1S/C13H22N2O3S/c1-15(10-11-18-2)9-8-14-12-6-4-5-7-13(12)19(3,16)17/h4-7,14H,8-11H2,1-3H3. The van der Waals surface area contributed by atoms with Gasteiger partial charge in [0.2, 0.25) is 0 Å². The van der Waals surface area contributed by atoms with E-state index in [1.165, 1.54) is 6.26 Å². The number of nitrogens with one attached hydrogen (secondary N) is 1. The van der Waals surface area contributed by atoms with E-state index in [0.717, 1.165) is 13.1 Å². The average Bonchev–Trinajstić information content (AvgIpc) is 2.35. The maximum Gasteiger partial charge on any atom is 0.177 e. The number of rotatable bonds is 8. The number of methoxy groups -OCH3 is 1. The van der Waals surface area contributed by atoms with Gasteiger partial charge >= 0.3 is 0 Å². The lowest BCUT2D eigenvalue weighted by Gasteiger charge is -2.17. The number of benzene rings is 1. The van der Waals surface area contributed by atoms with Crippen molar-refractivity contribution in [1.82, 2.24) is 4.90 Å². The van der Waals surface area contributed by atoms with Crippen molar-refractivity contribution < 1.29 is 13.2 Å². The van der Waals surface area contributed by atoms with E-state index in [1.54, 1.807) is 25.3 Å². The first-order chi connectivity index (χ1) is 8.95.